The van der Waals surface area contributed by atoms with E-state index in [1.54, 1.807) is 4.68 Å². The molecule has 1 heterocycles. The minimum atomic E-state index is 0.192. The topological polar surface area (TPSA) is 29.9 Å². The van der Waals surface area contributed by atoms with Gasteiger partial charge in [0.15, 0.2) is 0 Å². The van der Waals surface area contributed by atoms with Crippen LogP contribution in [0.2, 0.25) is 10.2 Å². The molecular weight excluding hydrogens is 341 g/mol. The van der Waals surface area contributed by atoms with Gasteiger partial charge in [-0.3, -0.25) is 0 Å². The largest absolute Gasteiger partial charge is 0.306 e. The van der Waals surface area contributed by atoms with Gasteiger partial charge >= 0.3 is 0 Å². The van der Waals surface area contributed by atoms with E-state index in [0.29, 0.717) is 11.7 Å². The average molecular weight is 360 g/mol. The van der Waals surface area contributed by atoms with Gasteiger partial charge in [-0.05, 0) is 43.7 Å². The molecule has 0 radical (unpaired) electrons. The van der Waals surface area contributed by atoms with Crippen molar-refractivity contribution >= 4 is 23.2 Å². The van der Waals surface area contributed by atoms with E-state index in [1.165, 1.54) is 5.56 Å². The number of hydrogen-bond acceptors (Lipinski definition) is 2. The summed E-state index contributed by atoms with van der Waals surface area (Å²) in [4.78, 5) is 0. The van der Waals surface area contributed by atoms with Crippen LogP contribution in [0.1, 0.15) is 29.8 Å². The SMILES string of the molecule is Cc1nn(-c2ccccc2)c(Cl)c1CN[C@H](C)c1ccc(Cl)cc1. The molecular formula is C19H19Cl2N3. The van der Waals surface area contributed by atoms with Gasteiger partial charge in [-0.1, -0.05) is 53.5 Å². The Morgan fingerprint density at radius 3 is 2.38 bits per heavy atom. The van der Waals surface area contributed by atoms with Crippen LogP contribution in [0, 0.1) is 6.92 Å². The third kappa shape index (κ3) is 3.64. The molecule has 1 atom stereocenters. The van der Waals surface area contributed by atoms with Crippen LogP contribution in [0.5, 0.6) is 0 Å². The van der Waals surface area contributed by atoms with Gasteiger partial charge in [0.2, 0.25) is 0 Å². The van der Waals surface area contributed by atoms with E-state index in [-0.39, 0.29) is 6.04 Å². The highest BCUT2D eigenvalue weighted by Gasteiger charge is 2.15. The molecule has 0 saturated carbocycles. The molecule has 5 heteroatoms. The lowest BCUT2D eigenvalue weighted by Crippen LogP contribution is -2.18. The number of aryl methyl sites for hydroxylation is 1. The number of halogens is 2. The number of benzene rings is 2. The minimum Gasteiger partial charge on any atom is -0.306 e. The van der Waals surface area contributed by atoms with Gasteiger partial charge in [-0.25, -0.2) is 4.68 Å². The zero-order valence-corrected chi connectivity index (χ0v) is 15.1. The number of nitrogens with one attached hydrogen (secondary N) is 1. The van der Waals surface area contributed by atoms with Gasteiger partial charge in [0.05, 0.1) is 11.4 Å². The zero-order valence-electron chi connectivity index (χ0n) is 13.6. The molecule has 0 bridgehead atoms. The fraction of sp³-hybridized carbons (Fsp3) is 0.211. The van der Waals surface area contributed by atoms with Crippen molar-refractivity contribution in [1.82, 2.24) is 15.1 Å². The molecule has 0 unspecified atom stereocenters. The first-order valence-electron chi connectivity index (χ1n) is 7.84. The van der Waals surface area contributed by atoms with Crippen LogP contribution in [-0.4, -0.2) is 9.78 Å². The van der Waals surface area contributed by atoms with E-state index in [1.807, 2.05) is 61.5 Å². The van der Waals surface area contributed by atoms with Gasteiger partial charge in [0.25, 0.3) is 0 Å². The highest BCUT2D eigenvalue weighted by molar-refractivity contribution is 6.30. The molecule has 124 valence electrons. The molecule has 3 aromatic rings. The lowest BCUT2D eigenvalue weighted by atomic mass is 10.1. The first-order chi connectivity index (χ1) is 11.6. The maximum Gasteiger partial charge on any atom is 0.137 e. The molecule has 3 rings (SSSR count). The van der Waals surface area contributed by atoms with Crippen molar-refractivity contribution in [3.63, 3.8) is 0 Å². The van der Waals surface area contributed by atoms with Crippen LogP contribution in [0.3, 0.4) is 0 Å². The molecule has 0 aliphatic heterocycles. The number of rotatable bonds is 5. The van der Waals surface area contributed by atoms with Crippen molar-refractivity contribution in [1.29, 1.82) is 0 Å². The van der Waals surface area contributed by atoms with Gasteiger partial charge in [0.1, 0.15) is 5.15 Å². The lowest BCUT2D eigenvalue weighted by Gasteiger charge is -2.14. The predicted molar refractivity (Wildman–Crippen MR) is 100 cm³/mol. The van der Waals surface area contributed by atoms with Gasteiger partial charge in [0, 0.05) is 23.2 Å². The van der Waals surface area contributed by atoms with E-state index in [2.05, 4.69) is 17.3 Å². The van der Waals surface area contributed by atoms with Crippen molar-refractivity contribution in [3.8, 4) is 5.69 Å². The molecule has 0 spiro atoms. The Morgan fingerprint density at radius 2 is 1.71 bits per heavy atom. The molecule has 0 aliphatic carbocycles. The first-order valence-corrected chi connectivity index (χ1v) is 8.60. The second kappa shape index (κ2) is 7.39. The van der Waals surface area contributed by atoms with E-state index in [4.69, 9.17) is 23.2 Å². The summed E-state index contributed by atoms with van der Waals surface area (Å²) in [5.41, 5.74) is 4.09. The number of nitrogens with zero attached hydrogens (tertiary/aromatic N) is 2. The molecule has 1 N–H and O–H groups in total. The van der Waals surface area contributed by atoms with Crippen molar-refractivity contribution in [2.75, 3.05) is 0 Å². The lowest BCUT2D eigenvalue weighted by molar-refractivity contribution is 0.573. The Balaban J connectivity index is 1.76. The van der Waals surface area contributed by atoms with Crippen LogP contribution >= 0.6 is 23.2 Å². The third-order valence-corrected chi connectivity index (χ3v) is 4.72. The molecule has 24 heavy (non-hydrogen) atoms. The van der Waals surface area contributed by atoms with Crippen molar-refractivity contribution in [2.24, 2.45) is 0 Å². The third-order valence-electron chi connectivity index (χ3n) is 4.08. The van der Waals surface area contributed by atoms with E-state index in [0.717, 1.165) is 22.0 Å². The minimum absolute atomic E-state index is 0.192. The van der Waals surface area contributed by atoms with Crippen molar-refractivity contribution < 1.29 is 0 Å². The van der Waals surface area contributed by atoms with E-state index in [9.17, 15) is 0 Å². The van der Waals surface area contributed by atoms with Crippen molar-refractivity contribution in [3.05, 3.63) is 81.6 Å². The molecule has 0 saturated heterocycles. The maximum absolute atomic E-state index is 6.56. The van der Waals surface area contributed by atoms with E-state index < -0.39 is 0 Å². The number of aromatic nitrogens is 2. The van der Waals surface area contributed by atoms with Gasteiger partial charge in [-0.15, -0.1) is 0 Å². The first kappa shape index (κ1) is 17.0. The summed E-state index contributed by atoms with van der Waals surface area (Å²) in [7, 11) is 0. The Labute approximate surface area is 152 Å². The van der Waals surface area contributed by atoms with Gasteiger partial charge < -0.3 is 5.32 Å². The number of hydrogen-bond donors (Lipinski definition) is 1. The predicted octanol–water partition coefficient (Wildman–Crippen LogP) is 5.34. The molecule has 0 aliphatic rings. The Kier molecular flexibility index (Phi) is 5.24. The second-order valence-corrected chi connectivity index (χ2v) is 6.55. The number of para-hydroxylation sites is 1. The summed E-state index contributed by atoms with van der Waals surface area (Å²) in [6.45, 7) is 4.75. The Bertz CT molecular complexity index is 811. The maximum atomic E-state index is 6.56. The highest BCUT2D eigenvalue weighted by Crippen LogP contribution is 2.24. The summed E-state index contributed by atoms with van der Waals surface area (Å²) < 4.78 is 1.78. The normalized spacial score (nSPS) is 12.3. The summed E-state index contributed by atoms with van der Waals surface area (Å²) >= 11 is 12.5. The molecule has 3 nitrogen and oxygen atoms in total. The van der Waals surface area contributed by atoms with Crippen LogP contribution in [0.4, 0.5) is 0 Å². The fourth-order valence-corrected chi connectivity index (χ4v) is 3.06. The summed E-state index contributed by atoms with van der Waals surface area (Å²) in [6, 6.07) is 18.0. The average Bonchev–Trinajstić information content (AvgIpc) is 2.88. The van der Waals surface area contributed by atoms with Crippen LogP contribution < -0.4 is 5.32 Å². The highest BCUT2D eigenvalue weighted by atomic mass is 35.5. The molecule has 0 fully saturated rings. The Morgan fingerprint density at radius 1 is 1.04 bits per heavy atom. The van der Waals surface area contributed by atoms with Crippen LogP contribution in [-0.2, 0) is 6.54 Å². The smallest absolute Gasteiger partial charge is 0.137 e. The summed E-state index contributed by atoms with van der Waals surface area (Å²) in [5, 5.41) is 9.46. The standard InChI is InChI=1S/C19H19Cl2N3/c1-13(15-8-10-16(20)11-9-15)22-12-18-14(2)23-24(19(18)21)17-6-4-3-5-7-17/h3-11,13,22H,12H2,1-2H3/t13-/m1/s1. The van der Waals surface area contributed by atoms with Gasteiger partial charge in [-0.2, -0.15) is 5.10 Å². The monoisotopic (exact) mass is 359 g/mol. The fourth-order valence-electron chi connectivity index (χ4n) is 2.60. The second-order valence-electron chi connectivity index (χ2n) is 5.76. The summed E-state index contributed by atoms with van der Waals surface area (Å²) in [6.07, 6.45) is 0. The summed E-state index contributed by atoms with van der Waals surface area (Å²) in [5.74, 6) is 0. The molecule has 1 aromatic heterocycles. The van der Waals surface area contributed by atoms with Crippen molar-refractivity contribution in [2.45, 2.75) is 26.4 Å². The Hall–Kier alpha value is -1.81. The van der Waals surface area contributed by atoms with E-state index >= 15 is 0 Å². The molecule has 2 aromatic carbocycles. The molecule has 0 amide bonds. The quantitative estimate of drug-likeness (QED) is 0.666. The van der Waals surface area contributed by atoms with Crippen LogP contribution in [0.15, 0.2) is 54.6 Å². The van der Waals surface area contributed by atoms with Crippen LogP contribution in [0.25, 0.3) is 5.69 Å². The zero-order chi connectivity index (χ0) is 17.1.